The van der Waals surface area contributed by atoms with Crippen molar-refractivity contribution in [3.63, 3.8) is 0 Å². The van der Waals surface area contributed by atoms with Crippen LogP contribution >= 0.6 is 0 Å². The molecule has 2 rings (SSSR count). The molecule has 0 aliphatic carbocycles. The van der Waals surface area contributed by atoms with Gasteiger partial charge in [0.25, 0.3) is 0 Å². The van der Waals surface area contributed by atoms with Gasteiger partial charge in [-0.15, -0.1) is 0 Å². The number of halogens is 4. The molecule has 2 aromatic rings. The van der Waals surface area contributed by atoms with E-state index in [4.69, 9.17) is 0 Å². The van der Waals surface area contributed by atoms with Gasteiger partial charge in [-0.25, -0.2) is 13.8 Å². The van der Waals surface area contributed by atoms with Crippen LogP contribution in [0.1, 0.15) is 5.82 Å². The first-order valence-electron chi connectivity index (χ1n) is 5.24. The first-order valence-corrected chi connectivity index (χ1v) is 5.24. The van der Waals surface area contributed by atoms with Crippen molar-refractivity contribution in [3.05, 3.63) is 24.0 Å². The molecule has 0 saturated heterocycles. The van der Waals surface area contributed by atoms with E-state index in [1.54, 1.807) is 12.2 Å². The van der Waals surface area contributed by atoms with Crippen molar-refractivity contribution in [2.24, 2.45) is 0 Å². The van der Waals surface area contributed by atoms with E-state index in [-0.39, 0.29) is 5.69 Å². The van der Waals surface area contributed by atoms with Gasteiger partial charge in [0.05, 0.1) is 11.0 Å². The number of amides is 1. The fourth-order valence-electron chi connectivity index (χ4n) is 1.53. The van der Waals surface area contributed by atoms with Crippen LogP contribution in [0.4, 0.5) is 23.2 Å². The van der Waals surface area contributed by atoms with Gasteiger partial charge in [-0.3, -0.25) is 4.79 Å². The van der Waals surface area contributed by atoms with Gasteiger partial charge in [-0.05, 0) is 25.1 Å². The Labute approximate surface area is 104 Å². The molecule has 0 atom stereocenters. The topological polar surface area (TPSA) is 57.8 Å². The third-order valence-corrected chi connectivity index (χ3v) is 2.43. The van der Waals surface area contributed by atoms with Crippen LogP contribution in [0.2, 0.25) is 0 Å². The third kappa shape index (κ3) is 2.51. The fraction of sp³-hybridized carbons (Fsp3) is 0.273. The first-order chi connectivity index (χ1) is 8.80. The molecule has 1 aromatic heterocycles. The maximum Gasteiger partial charge on any atom is 0.383 e. The van der Waals surface area contributed by atoms with Gasteiger partial charge in [0, 0.05) is 5.69 Å². The monoisotopic (exact) mass is 275 g/mol. The molecule has 1 aromatic carbocycles. The summed E-state index contributed by atoms with van der Waals surface area (Å²) in [4.78, 5) is 18.0. The molecular formula is C11H9F4N3O. The van der Waals surface area contributed by atoms with Gasteiger partial charge in [0.1, 0.15) is 5.82 Å². The molecule has 0 spiro atoms. The number of aromatic amines is 1. The SMILES string of the molecule is Cc1nc2ccc(NC(=O)C(F)(F)C(F)F)cc2[nH]1. The molecule has 8 heteroatoms. The largest absolute Gasteiger partial charge is 0.383 e. The van der Waals surface area contributed by atoms with Crippen molar-refractivity contribution < 1.29 is 22.4 Å². The van der Waals surface area contributed by atoms with Gasteiger partial charge in [0.2, 0.25) is 0 Å². The molecule has 0 saturated carbocycles. The van der Waals surface area contributed by atoms with E-state index in [0.29, 0.717) is 16.9 Å². The van der Waals surface area contributed by atoms with Crippen molar-refractivity contribution in [1.82, 2.24) is 9.97 Å². The number of alkyl halides is 4. The number of nitrogens with one attached hydrogen (secondary N) is 2. The normalized spacial score (nSPS) is 12.1. The predicted octanol–water partition coefficient (Wildman–Crippen LogP) is 2.71. The van der Waals surface area contributed by atoms with Crippen LogP contribution in [-0.4, -0.2) is 28.2 Å². The number of benzene rings is 1. The minimum atomic E-state index is -4.72. The Bertz CT molecular complexity index is 623. The van der Waals surface area contributed by atoms with Crippen molar-refractivity contribution >= 4 is 22.6 Å². The van der Waals surface area contributed by atoms with Crippen LogP contribution < -0.4 is 5.32 Å². The van der Waals surface area contributed by atoms with Crippen LogP contribution in [0.25, 0.3) is 11.0 Å². The summed E-state index contributed by atoms with van der Waals surface area (Å²) in [6.45, 7) is 1.70. The molecule has 19 heavy (non-hydrogen) atoms. The molecule has 1 amide bonds. The molecule has 0 unspecified atom stereocenters. The summed E-state index contributed by atoms with van der Waals surface area (Å²) in [5, 5.41) is 1.75. The molecule has 1 heterocycles. The number of carbonyl (C=O) groups excluding carboxylic acids is 1. The number of carbonyl (C=O) groups is 1. The summed E-state index contributed by atoms with van der Waals surface area (Å²) in [6.07, 6.45) is -4.05. The maximum absolute atomic E-state index is 12.8. The average Bonchev–Trinajstić information content (AvgIpc) is 2.68. The van der Waals surface area contributed by atoms with Crippen molar-refractivity contribution in [3.8, 4) is 0 Å². The Hall–Kier alpha value is -2.12. The number of H-pyrrole nitrogens is 1. The second-order valence-corrected chi connectivity index (χ2v) is 3.93. The Morgan fingerprint density at radius 3 is 2.74 bits per heavy atom. The lowest BCUT2D eigenvalue weighted by molar-refractivity contribution is -0.163. The Morgan fingerprint density at radius 2 is 2.11 bits per heavy atom. The van der Waals surface area contributed by atoms with Crippen LogP contribution in [0.5, 0.6) is 0 Å². The van der Waals surface area contributed by atoms with E-state index in [2.05, 4.69) is 9.97 Å². The minimum Gasteiger partial charge on any atom is -0.342 e. The van der Waals surface area contributed by atoms with E-state index >= 15 is 0 Å². The molecule has 0 aliphatic rings. The maximum atomic E-state index is 12.8. The van der Waals surface area contributed by atoms with Crippen LogP contribution in [0.15, 0.2) is 18.2 Å². The summed E-state index contributed by atoms with van der Waals surface area (Å²) in [7, 11) is 0. The van der Waals surface area contributed by atoms with Gasteiger partial charge in [0.15, 0.2) is 0 Å². The lowest BCUT2D eigenvalue weighted by Crippen LogP contribution is -2.40. The highest BCUT2D eigenvalue weighted by molar-refractivity contribution is 5.97. The zero-order valence-corrected chi connectivity index (χ0v) is 9.68. The molecular weight excluding hydrogens is 266 g/mol. The van der Waals surface area contributed by atoms with Gasteiger partial charge >= 0.3 is 18.3 Å². The second kappa shape index (κ2) is 4.52. The van der Waals surface area contributed by atoms with E-state index in [0.717, 1.165) is 0 Å². The summed E-state index contributed by atoms with van der Waals surface area (Å²) in [5.41, 5.74) is 1.08. The average molecular weight is 275 g/mol. The highest BCUT2D eigenvalue weighted by Gasteiger charge is 2.48. The van der Waals surface area contributed by atoms with E-state index < -0.39 is 18.3 Å². The van der Waals surface area contributed by atoms with Crippen molar-refractivity contribution in [1.29, 1.82) is 0 Å². The summed E-state index contributed by atoms with van der Waals surface area (Å²) >= 11 is 0. The third-order valence-electron chi connectivity index (χ3n) is 2.43. The number of aryl methyl sites for hydroxylation is 1. The van der Waals surface area contributed by atoms with Crippen LogP contribution in [0, 0.1) is 6.92 Å². The molecule has 0 aliphatic heterocycles. The Kier molecular flexibility index (Phi) is 3.17. The highest BCUT2D eigenvalue weighted by Crippen LogP contribution is 2.25. The number of nitrogens with zero attached hydrogens (tertiary/aromatic N) is 1. The lowest BCUT2D eigenvalue weighted by Gasteiger charge is -2.14. The van der Waals surface area contributed by atoms with Gasteiger partial charge in [-0.2, -0.15) is 8.78 Å². The van der Waals surface area contributed by atoms with E-state index in [1.165, 1.54) is 18.2 Å². The quantitative estimate of drug-likeness (QED) is 0.846. The number of aromatic nitrogens is 2. The zero-order chi connectivity index (χ0) is 14.2. The number of hydrogen-bond donors (Lipinski definition) is 2. The Balaban J connectivity index is 2.24. The van der Waals surface area contributed by atoms with Crippen LogP contribution in [-0.2, 0) is 4.79 Å². The minimum absolute atomic E-state index is 0.0125. The van der Waals surface area contributed by atoms with Gasteiger partial charge < -0.3 is 10.3 Å². The summed E-state index contributed by atoms with van der Waals surface area (Å²) in [6, 6.07) is 4.13. The summed E-state index contributed by atoms with van der Waals surface area (Å²) < 4.78 is 49.5. The second-order valence-electron chi connectivity index (χ2n) is 3.93. The Morgan fingerprint density at radius 1 is 1.42 bits per heavy atom. The number of imidazole rings is 1. The number of anilines is 1. The van der Waals surface area contributed by atoms with Crippen molar-refractivity contribution in [2.75, 3.05) is 5.32 Å². The molecule has 0 radical (unpaired) electrons. The smallest absolute Gasteiger partial charge is 0.342 e. The zero-order valence-electron chi connectivity index (χ0n) is 9.68. The molecule has 0 fully saturated rings. The van der Waals surface area contributed by atoms with E-state index in [1.807, 2.05) is 0 Å². The number of hydrogen-bond acceptors (Lipinski definition) is 2. The summed E-state index contributed by atoms with van der Waals surface area (Å²) in [5.74, 6) is -6.16. The van der Waals surface area contributed by atoms with Crippen molar-refractivity contribution in [2.45, 2.75) is 19.3 Å². The predicted molar refractivity (Wildman–Crippen MR) is 60.4 cm³/mol. The number of fused-ring (bicyclic) bond motifs is 1. The van der Waals surface area contributed by atoms with E-state index in [9.17, 15) is 22.4 Å². The first kappa shape index (κ1) is 13.3. The molecule has 2 N–H and O–H groups in total. The highest BCUT2D eigenvalue weighted by atomic mass is 19.3. The molecule has 0 bridgehead atoms. The number of rotatable bonds is 3. The molecule has 4 nitrogen and oxygen atoms in total. The molecule has 102 valence electrons. The van der Waals surface area contributed by atoms with Crippen LogP contribution in [0.3, 0.4) is 0 Å². The lowest BCUT2D eigenvalue weighted by atomic mass is 10.2. The standard InChI is InChI=1S/C11H9F4N3O/c1-5-16-7-3-2-6(4-8(7)17-5)18-10(19)11(14,15)9(12)13/h2-4,9H,1H3,(H,16,17)(H,18,19). The fourth-order valence-corrected chi connectivity index (χ4v) is 1.53. The van der Waals surface area contributed by atoms with Gasteiger partial charge in [-0.1, -0.05) is 0 Å².